The van der Waals surface area contributed by atoms with Gasteiger partial charge in [-0.2, -0.15) is 0 Å². The lowest BCUT2D eigenvalue weighted by Gasteiger charge is -2.20. The van der Waals surface area contributed by atoms with Gasteiger partial charge in [0.2, 0.25) is 0 Å². The van der Waals surface area contributed by atoms with Crippen LogP contribution in [-0.2, 0) is 10.2 Å². The molecule has 0 spiro atoms. The molecule has 26 heavy (non-hydrogen) atoms. The zero-order chi connectivity index (χ0) is 19.3. The Hall–Kier alpha value is -2.21. The fraction of sp³-hybridized carbons (Fsp3) is 0.350. The van der Waals surface area contributed by atoms with E-state index in [0.29, 0.717) is 22.9 Å². The van der Waals surface area contributed by atoms with Crippen molar-refractivity contribution in [1.82, 2.24) is 0 Å². The van der Waals surface area contributed by atoms with Crippen LogP contribution < -0.4 is 19.5 Å². The molecule has 0 heterocycles. The molecule has 0 aromatic heterocycles. The van der Waals surface area contributed by atoms with Gasteiger partial charge in [-0.3, -0.25) is 4.79 Å². The van der Waals surface area contributed by atoms with Gasteiger partial charge in [0.15, 0.2) is 6.61 Å². The van der Waals surface area contributed by atoms with Gasteiger partial charge in [0.1, 0.15) is 17.2 Å². The van der Waals surface area contributed by atoms with E-state index < -0.39 is 0 Å². The maximum absolute atomic E-state index is 12.2. The summed E-state index contributed by atoms with van der Waals surface area (Å²) in [5, 5.41) is 2.78. The highest BCUT2D eigenvalue weighted by molar-refractivity contribution is 9.10. The number of carbonyl (C=O) groups is 1. The molecule has 140 valence electrons. The van der Waals surface area contributed by atoms with Gasteiger partial charge in [0.25, 0.3) is 5.91 Å². The van der Waals surface area contributed by atoms with Crippen molar-refractivity contribution in [2.24, 2.45) is 0 Å². The van der Waals surface area contributed by atoms with Crippen molar-refractivity contribution < 1.29 is 19.0 Å². The summed E-state index contributed by atoms with van der Waals surface area (Å²) in [5.74, 6) is 1.52. The molecule has 0 bridgehead atoms. The van der Waals surface area contributed by atoms with E-state index in [-0.39, 0.29) is 17.9 Å². The first-order valence-electron chi connectivity index (χ1n) is 8.19. The summed E-state index contributed by atoms with van der Waals surface area (Å²) in [7, 11) is 3.11. The Bertz CT molecular complexity index is 784. The Labute approximate surface area is 162 Å². The molecule has 0 aliphatic carbocycles. The number of hydrogen-bond donors (Lipinski definition) is 1. The predicted octanol–water partition coefficient (Wildman–Crippen LogP) is 4.78. The van der Waals surface area contributed by atoms with Gasteiger partial charge < -0.3 is 19.5 Å². The van der Waals surface area contributed by atoms with Crippen LogP contribution in [0.25, 0.3) is 0 Å². The minimum absolute atomic E-state index is 0.0450. The topological polar surface area (TPSA) is 56.8 Å². The van der Waals surface area contributed by atoms with E-state index in [0.717, 1.165) is 4.47 Å². The first kappa shape index (κ1) is 20.1. The molecule has 0 atom stereocenters. The minimum Gasteiger partial charge on any atom is -0.497 e. The number of nitrogens with one attached hydrogen (secondary N) is 1. The molecule has 0 unspecified atom stereocenters. The SMILES string of the molecule is COc1ccc(NC(=O)COc2ccc(C(C)(C)C)cc2Br)c(OC)c1. The molecule has 0 saturated carbocycles. The smallest absolute Gasteiger partial charge is 0.262 e. The third-order valence-corrected chi connectivity index (χ3v) is 4.46. The third-order valence-electron chi connectivity index (χ3n) is 3.84. The molecule has 1 N–H and O–H groups in total. The second-order valence-corrected chi connectivity index (χ2v) is 7.65. The lowest BCUT2D eigenvalue weighted by Crippen LogP contribution is -2.20. The molecule has 0 radical (unpaired) electrons. The number of methoxy groups -OCH3 is 2. The average Bonchev–Trinajstić information content (AvgIpc) is 2.60. The lowest BCUT2D eigenvalue weighted by molar-refractivity contribution is -0.118. The monoisotopic (exact) mass is 421 g/mol. The average molecular weight is 422 g/mol. The van der Waals surface area contributed by atoms with Gasteiger partial charge in [0, 0.05) is 6.07 Å². The molecule has 6 heteroatoms. The van der Waals surface area contributed by atoms with E-state index in [2.05, 4.69) is 42.0 Å². The number of carbonyl (C=O) groups excluding carboxylic acids is 1. The number of halogens is 1. The zero-order valence-corrected chi connectivity index (χ0v) is 17.3. The first-order valence-corrected chi connectivity index (χ1v) is 8.98. The van der Waals surface area contributed by atoms with E-state index >= 15 is 0 Å². The summed E-state index contributed by atoms with van der Waals surface area (Å²) in [6.45, 7) is 6.32. The highest BCUT2D eigenvalue weighted by atomic mass is 79.9. The van der Waals surface area contributed by atoms with Gasteiger partial charge in [0.05, 0.1) is 24.4 Å². The number of hydrogen-bond acceptors (Lipinski definition) is 4. The van der Waals surface area contributed by atoms with E-state index in [9.17, 15) is 4.79 Å². The Morgan fingerprint density at radius 3 is 2.35 bits per heavy atom. The highest BCUT2D eigenvalue weighted by Gasteiger charge is 2.16. The van der Waals surface area contributed by atoms with Crippen LogP contribution in [0.4, 0.5) is 5.69 Å². The normalized spacial score (nSPS) is 11.0. The number of ether oxygens (including phenoxy) is 3. The van der Waals surface area contributed by atoms with Crippen LogP contribution in [0.15, 0.2) is 40.9 Å². The maximum Gasteiger partial charge on any atom is 0.262 e. The summed E-state index contributed by atoms with van der Waals surface area (Å²) in [6, 6.07) is 11.1. The van der Waals surface area contributed by atoms with Crippen LogP contribution >= 0.6 is 15.9 Å². The first-order chi connectivity index (χ1) is 12.2. The summed E-state index contributed by atoms with van der Waals surface area (Å²) < 4.78 is 16.9. The van der Waals surface area contributed by atoms with E-state index in [1.807, 2.05) is 18.2 Å². The molecule has 2 rings (SSSR count). The van der Waals surface area contributed by atoms with Crippen molar-refractivity contribution in [3.63, 3.8) is 0 Å². The van der Waals surface area contributed by atoms with E-state index in [1.165, 1.54) is 12.7 Å². The largest absolute Gasteiger partial charge is 0.497 e. The van der Waals surface area contributed by atoms with Gasteiger partial charge in [-0.25, -0.2) is 0 Å². The van der Waals surface area contributed by atoms with Gasteiger partial charge in [-0.05, 0) is 51.2 Å². The van der Waals surface area contributed by atoms with Crippen LogP contribution in [0.5, 0.6) is 17.2 Å². The predicted molar refractivity (Wildman–Crippen MR) is 107 cm³/mol. The van der Waals surface area contributed by atoms with Crippen molar-refractivity contribution in [3.05, 3.63) is 46.4 Å². The van der Waals surface area contributed by atoms with Gasteiger partial charge >= 0.3 is 0 Å². The maximum atomic E-state index is 12.2. The molecule has 0 aliphatic rings. The third kappa shape index (κ3) is 5.14. The van der Waals surface area contributed by atoms with Crippen LogP contribution in [-0.4, -0.2) is 26.7 Å². The van der Waals surface area contributed by atoms with E-state index in [4.69, 9.17) is 14.2 Å². The number of benzene rings is 2. The number of rotatable bonds is 6. The molecule has 0 fully saturated rings. The quantitative estimate of drug-likeness (QED) is 0.728. The fourth-order valence-corrected chi connectivity index (χ4v) is 2.81. The second-order valence-electron chi connectivity index (χ2n) is 6.80. The Morgan fingerprint density at radius 2 is 1.77 bits per heavy atom. The van der Waals surface area contributed by atoms with Crippen LogP contribution in [0.1, 0.15) is 26.3 Å². The molecule has 5 nitrogen and oxygen atoms in total. The van der Waals surface area contributed by atoms with Crippen LogP contribution in [0, 0.1) is 0 Å². The Morgan fingerprint density at radius 1 is 1.04 bits per heavy atom. The van der Waals surface area contributed by atoms with Crippen molar-refractivity contribution in [2.75, 3.05) is 26.1 Å². The minimum atomic E-state index is -0.278. The highest BCUT2D eigenvalue weighted by Crippen LogP contribution is 2.32. The molecule has 2 aromatic rings. The Balaban J connectivity index is 2.01. The zero-order valence-electron chi connectivity index (χ0n) is 15.7. The fourth-order valence-electron chi connectivity index (χ4n) is 2.32. The van der Waals surface area contributed by atoms with Crippen LogP contribution in [0.2, 0.25) is 0 Å². The summed E-state index contributed by atoms with van der Waals surface area (Å²) in [5.41, 5.74) is 1.79. The van der Waals surface area contributed by atoms with Crippen LogP contribution in [0.3, 0.4) is 0 Å². The molecule has 1 amide bonds. The van der Waals surface area contributed by atoms with Crippen molar-refractivity contribution in [2.45, 2.75) is 26.2 Å². The number of amides is 1. The molecular formula is C20H24BrNO4. The molecule has 0 saturated heterocycles. The molecule has 2 aromatic carbocycles. The van der Waals surface area contributed by atoms with Crippen molar-refractivity contribution >= 4 is 27.5 Å². The van der Waals surface area contributed by atoms with Gasteiger partial charge in [-0.1, -0.05) is 26.8 Å². The summed E-state index contributed by atoms with van der Waals surface area (Å²) in [4.78, 5) is 12.2. The summed E-state index contributed by atoms with van der Waals surface area (Å²) >= 11 is 3.50. The summed E-state index contributed by atoms with van der Waals surface area (Å²) in [6.07, 6.45) is 0. The van der Waals surface area contributed by atoms with Crippen molar-refractivity contribution in [1.29, 1.82) is 0 Å². The van der Waals surface area contributed by atoms with Gasteiger partial charge in [-0.15, -0.1) is 0 Å². The Kier molecular flexibility index (Phi) is 6.53. The second kappa shape index (κ2) is 8.45. The number of anilines is 1. The molecular weight excluding hydrogens is 398 g/mol. The molecule has 0 aliphatic heterocycles. The lowest BCUT2D eigenvalue weighted by atomic mass is 9.87. The van der Waals surface area contributed by atoms with E-state index in [1.54, 1.807) is 25.3 Å². The van der Waals surface area contributed by atoms with Crippen molar-refractivity contribution in [3.8, 4) is 17.2 Å². The standard InChI is InChI=1S/C20H24BrNO4/c1-20(2,3)13-6-9-17(15(21)10-13)26-12-19(23)22-16-8-7-14(24-4)11-18(16)25-5/h6-11H,12H2,1-5H3,(H,22,23).